The number of rotatable bonds is 10. The van der Waals surface area contributed by atoms with Crippen LogP contribution < -0.4 is 29.1 Å². The van der Waals surface area contributed by atoms with E-state index in [9.17, 15) is 9.59 Å². The minimum atomic E-state index is -0.831. The van der Waals surface area contributed by atoms with E-state index in [4.69, 9.17) is 29.2 Å². The summed E-state index contributed by atoms with van der Waals surface area (Å²) in [4.78, 5) is 33.4. The van der Waals surface area contributed by atoms with Crippen LogP contribution in [-0.2, 0) is 16.1 Å². The number of methoxy groups -OCH3 is 2. The number of carbonyl (C=O) groups excluding carboxylic acids is 1. The number of esters is 1. The maximum absolute atomic E-state index is 14.3. The van der Waals surface area contributed by atoms with Crippen LogP contribution >= 0.6 is 27.3 Å². The third-order valence-corrected chi connectivity index (χ3v) is 9.37. The average molecular weight is 737 g/mol. The minimum Gasteiger partial charge on any atom is -0.497 e. The van der Waals surface area contributed by atoms with Gasteiger partial charge in [-0.3, -0.25) is 9.36 Å². The molecule has 9 nitrogen and oxygen atoms in total. The summed E-state index contributed by atoms with van der Waals surface area (Å²) in [6.07, 6.45) is 1.76. The molecule has 246 valence electrons. The Morgan fingerprint density at radius 2 is 1.80 bits per heavy atom. The average Bonchev–Trinajstić information content (AvgIpc) is 3.44. The van der Waals surface area contributed by atoms with E-state index < -0.39 is 12.0 Å². The zero-order chi connectivity index (χ0) is 34.5. The number of nitrogens with zero attached hydrogens (tertiary/aromatic N) is 3. The molecule has 49 heavy (non-hydrogen) atoms. The minimum absolute atomic E-state index is 0.156. The van der Waals surface area contributed by atoms with Crippen molar-refractivity contribution in [3.8, 4) is 23.3 Å². The molecular weight excluding hydrogens is 706 g/mol. The molecule has 0 bridgehead atoms. The monoisotopic (exact) mass is 735 g/mol. The van der Waals surface area contributed by atoms with Crippen LogP contribution in [0.25, 0.3) is 11.8 Å². The summed E-state index contributed by atoms with van der Waals surface area (Å²) in [6.45, 7) is 2.16. The first kappa shape index (κ1) is 33.5. The lowest BCUT2D eigenvalue weighted by molar-refractivity contribution is -0.138. The number of ether oxygens (including phenoxy) is 4. The van der Waals surface area contributed by atoms with Crippen LogP contribution in [0.2, 0.25) is 0 Å². The second-order valence-electron chi connectivity index (χ2n) is 10.8. The lowest BCUT2D eigenvalue weighted by Gasteiger charge is -2.26. The molecule has 0 saturated heterocycles. The zero-order valence-corrected chi connectivity index (χ0v) is 29.2. The molecule has 6 rings (SSSR count). The standard InChI is InChI=1S/C38H30BrN3O6S/c1-4-47-37(44)32-33(26-9-6-5-7-10-26)41-38-42(34(32)27-11-8-12-28(20-27)45-2)36(43)31(49-38)19-25-17-29(39)35(30(18-25)46-3)48-22-24-15-13-23(21-40)14-16-24/h5-20,34H,4,22H2,1-3H3/b31-19+/t34-/m0/s1. The molecule has 1 aromatic heterocycles. The smallest absolute Gasteiger partial charge is 0.338 e. The van der Waals surface area contributed by atoms with Crippen molar-refractivity contribution in [2.75, 3.05) is 20.8 Å². The molecule has 4 aromatic carbocycles. The van der Waals surface area contributed by atoms with Gasteiger partial charge < -0.3 is 18.9 Å². The molecule has 0 aliphatic carbocycles. The molecule has 11 heteroatoms. The van der Waals surface area contributed by atoms with Gasteiger partial charge in [-0.05, 0) is 82.0 Å². The van der Waals surface area contributed by atoms with Gasteiger partial charge in [-0.1, -0.05) is 65.9 Å². The van der Waals surface area contributed by atoms with Gasteiger partial charge in [-0.15, -0.1) is 0 Å². The van der Waals surface area contributed by atoms with Crippen molar-refractivity contribution < 1.29 is 23.7 Å². The Morgan fingerprint density at radius 1 is 1.02 bits per heavy atom. The van der Waals surface area contributed by atoms with Crippen molar-refractivity contribution in [3.05, 3.63) is 149 Å². The summed E-state index contributed by atoms with van der Waals surface area (Å²) in [5, 5.41) is 9.08. The summed E-state index contributed by atoms with van der Waals surface area (Å²) in [6, 6.07) is 28.8. The van der Waals surface area contributed by atoms with E-state index in [1.54, 1.807) is 50.0 Å². The maximum atomic E-state index is 14.3. The van der Waals surface area contributed by atoms with Crippen LogP contribution in [0.1, 0.15) is 40.8 Å². The molecule has 0 amide bonds. The Bertz CT molecular complexity index is 2290. The highest BCUT2D eigenvalue weighted by atomic mass is 79.9. The third kappa shape index (κ3) is 6.92. The number of halogens is 1. The van der Waals surface area contributed by atoms with Gasteiger partial charge in [0.2, 0.25) is 0 Å². The van der Waals surface area contributed by atoms with Gasteiger partial charge in [0, 0.05) is 5.56 Å². The number of aromatic nitrogens is 1. The Hall–Kier alpha value is -5.44. The summed E-state index contributed by atoms with van der Waals surface area (Å²) < 4.78 is 25.4. The Balaban J connectivity index is 1.48. The van der Waals surface area contributed by atoms with Crippen molar-refractivity contribution in [3.63, 3.8) is 0 Å². The predicted molar refractivity (Wildman–Crippen MR) is 190 cm³/mol. The topological polar surface area (TPSA) is 112 Å². The van der Waals surface area contributed by atoms with Crippen LogP contribution in [0.5, 0.6) is 17.2 Å². The molecule has 0 saturated carbocycles. The first-order valence-corrected chi connectivity index (χ1v) is 16.9. The Kier molecular flexibility index (Phi) is 10.1. The van der Waals surface area contributed by atoms with E-state index in [0.717, 1.165) is 11.1 Å². The van der Waals surface area contributed by atoms with Crippen molar-refractivity contribution in [1.29, 1.82) is 5.26 Å². The largest absolute Gasteiger partial charge is 0.497 e. The normalized spacial score (nSPS) is 14.0. The molecule has 0 fully saturated rings. The van der Waals surface area contributed by atoms with Crippen molar-refractivity contribution >= 4 is 45.0 Å². The summed E-state index contributed by atoms with van der Waals surface area (Å²) in [7, 11) is 3.11. The van der Waals surface area contributed by atoms with E-state index in [2.05, 4.69) is 22.0 Å². The van der Waals surface area contributed by atoms with Crippen LogP contribution in [0, 0.1) is 11.3 Å². The molecule has 5 aromatic rings. The van der Waals surface area contributed by atoms with E-state index in [0.29, 0.717) is 53.4 Å². The highest BCUT2D eigenvalue weighted by Gasteiger charge is 2.35. The van der Waals surface area contributed by atoms with E-state index in [-0.39, 0.29) is 24.3 Å². The molecule has 0 radical (unpaired) electrons. The zero-order valence-electron chi connectivity index (χ0n) is 26.8. The van der Waals surface area contributed by atoms with E-state index >= 15 is 0 Å². The number of hydrogen-bond donors (Lipinski definition) is 0. The molecular formula is C38H30BrN3O6S. The van der Waals surface area contributed by atoms with Crippen molar-refractivity contribution in [1.82, 2.24) is 4.57 Å². The predicted octanol–water partition coefficient (Wildman–Crippen LogP) is 6.17. The van der Waals surface area contributed by atoms with Gasteiger partial charge in [0.25, 0.3) is 5.56 Å². The number of thiazole rings is 1. The summed E-state index contributed by atoms with van der Waals surface area (Å²) >= 11 is 4.84. The molecule has 1 aliphatic rings. The highest BCUT2D eigenvalue weighted by Crippen LogP contribution is 2.38. The van der Waals surface area contributed by atoms with Gasteiger partial charge in [0.05, 0.1) is 58.8 Å². The van der Waals surface area contributed by atoms with Gasteiger partial charge in [-0.2, -0.15) is 5.26 Å². The lowest BCUT2D eigenvalue weighted by Crippen LogP contribution is -2.40. The summed E-state index contributed by atoms with van der Waals surface area (Å²) in [5.74, 6) is 0.985. The van der Waals surface area contributed by atoms with Crippen LogP contribution in [0.3, 0.4) is 0 Å². The van der Waals surface area contributed by atoms with Crippen LogP contribution in [0.4, 0.5) is 0 Å². The Labute approximate surface area is 294 Å². The number of hydrogen-bond acceptors (Lipinski definition) is 9. The quantitative estimate of drug-likeness (QED) is 0.158. The van der Waals surface area contributed by atoms with Crippen LogP contribution in [-0.4, -0.2) is 31.4 Å². The molecule has 0 spiro atoms. The van der Waals surface area contributed by atoms with Gasteiger partial charge in [-0.25, -0.2) is 9.79 Å². The van der Waals surface area contributed by atoms with Crippen molar-refractivity contribution in [2.45, 2.75) is 19.6 Å². The SMILES string of the molecule is CCOC(=O)C1=C(c2ccccc2)N=c2s/c(=C/c3cc(Br)c(OCc4ccc(C#N)cc4)c(OC)c3)c(=O)n2[C@H]1c1cccc(OC)c1. The fraction of sp³-hybridized carbons (Fsp3) is 0.158. The van der Waals surface area contributed by atoms with Crippen molar-refractivity contribution in [2.24, 2.45) is 4.99 Å². The first-order valence-electron chi connectivity index (χ1n) is 15.3. The van der Waals surface area contributed by atoms with Crippen LogP contribution in [0.15, 0.2) is 111 Å². The second kappa shape index (κ2) is 14.8. The number of fused-ring (bicyclic) bond motifs is 1. The second-order valence-corrected chi connectivity index (χ2v) is 12.7. The highest BCUT2D eigenvalue weighted by molar-refractivity contribution is 9.10. The molecule has 1 aliphatic heterocycles. The molecule has 2 heterocycles. The van der Waals surface area contributed by atoms with E-state index in [1.165, 1.54) is 11.3 Å². The van der Waals surface area contributed by atoms with Gasteiger partial charge in [0.15, 0.2) is 16.3 Å². The number of benzene rings is 4. The van der Waals surface area contributed by atoms with Gasteiger partial charge >= 0.3 is 5.97 Å². The molecule has 0 unspecified atom stereocenters. The summed E-state index contributed by atoms with van der Waals surface area (Å²) in [5.41, 5.74) is 3.92. The lowest BCUT2D eigenvalue weighted by atomic mass is 9.93. The first-order chi connectivity index (χ1) is 23.8. The maximum Gasteiger partial charge on any atom is 0.338 e. The van der Waals surface area contributed by atoms with E-state index in [1.807, 2.05) is 72.8 Å². The molecule has 1 atom stereocenters. The Morgan fingerprint density at radius 3 is 2.49 bits per heavy atom. The fourth-order valence-corrected chi connectivity index (χ4v) is 7.09. The number of carbonyl (C=O) groups is 1. The fourth-order valence-electron chi connectivity index (χ4n) is 5.51. The number of nitriles is 1. The third-order valence-electron chi connectivity index (χ3n) is 7.80. The molecule has 0 N–H and O–H groups in total. The van der Waals surface area contributed by atoms with Gasteiger partial charge in [0.1, 0.15) is 12.4 Å².